The highest BCUT2D eigenvalue weighted by Gasteiger charge is 2.50. The van der Waals surface area contributed by atoms with Crippen LogP contribution in [0.15, 0.2) is 53.4 Å². The maximum Gasteiger partial charge on any atom is 0.409 e. The maximum atomic E-state index is 13.8. The van der Waals surface area contributed by atoms with Crippen molar-refractivity contribution >= 4 is 22.1 Å². The number of nitrogens with one attached hydrogen (secondary N) is 1. The quantitative estimate of drug-likeness (QED) is 0.331. The lowest BCUT2D eigenvalue weighted by Crippen LogP contribution is -2.50. The zero-order chi connectivity index (χ0) is 31.9. The van der Waals surface area contributed by atoms with Gasteiger partial charge in [0.2, 0.25) is 11.8 Å². The van der Waals surface area contributed by atoms with Gasteiger partial charge in [0.05, 0.1) is 24.3 Å². The van der Waals surface area contributed by atoms with Gasteiger partial charge in [0.15, 0.2) is 0 Å². The van der Waals surface area contributed by atoms with Gasteiger partial charge in [0.25, 0.3) is 10.0 Å². The molecule has 2 aromatic carbocycles. The summed E-state index contributed by atoms with van der Waals surface area (Å²) in [4.78, 5) is 23.3. The van der Waals surface area contributed by atoms with Gasteiger partial charge in [0.1, 0.15) is 0 Å². The van der Waals surface area contributed by atoms with Crippen LogP contribution in [0.25, 0.3) is 11.3 Å². The third-order valence-corrected chi connectivity index (χ3v) is 11.4. The number of rotatable bonds is 4. The van der Waals surface area contributed by atoms with E-state index < -0.39 is 10.0 Å². The molecule has 1 N–H and O–H groups in total. The maximum absolute atomic E-state index is 13.8. The topological polar surface area (TPSA) is 111 Å². The van der Waals surface area contributed by atoms with Gasteiger partial charge in [-0.2, -0.15) is 4.98 Å². The second kappa shape index (κ2) is 12.3. The Morgan fingerprint density at radius 3 is 2.42 bits per heavy atom. The van der Waals surface area contributed by atoms with Crippen molar-refractivity contribution in [3.05, 3.63) is 65.2 Å². The summed E-state index contributed by atoms with van der Waals surface area (Å²) < 4.78 is 41.6. The Morgan fingerprint density at radius 2 is 1.76 bits per heavy atom. The van der Waals surface area contributed by atoms with Gasteiger partial charge in [-0.15, -0.1) is 0 Å². The Balaban J connectivity index is 1.37. The third kappa shape index (κ3) is 6.39. The predicted octanol–water partition coefficient (Wildman–Crippen LogP) is 6.96. The van der Waals surface area contributed by atoms with E-state index in [9.17, 15) is 13.2 Å². The van der Waals surface area contributed by atoms with E-state index >= 15 is 0 Å². The van der Waals surface area contributed by atoms with Crippen molar-refractivity contribution in [2.24, 2.45) is 23.2 Å². The monoisotopic (exact) mass is 632 g/mol. The van der Waals surface area contributed by atoms with Gasteiger partial charge in [-0.05, 0) is 97.9 Å². The van der Waals surface area contributed by atoms with Crippen LogP contribution >= 0.6 is 0 Å². The van der Waals surface area contributed by atoms with Crippen molar-refractivity contribution in [2.45, 2.75) is 70.6 Å². The molecular formula is C35H44N4O5S. The number of aromatic nitrogens is 2. The molecule has 6 rings (SSSR count). The lowest BCUT2D eigenvalue weighted by molar-refractivity contribution is -0.0339. The highest BCUT2D eigenvalue weighted by Crippen LogP contribution is 2.59. The molecule has 10 heteroatoms. The van der Waals surface area contributed by atoms with Gasteiger partial charge >= 0.3 is 6.09 Å². The number of fused-ring (bicyclic) bond motifs is 4. The number of aryl methyl sites for hydroxylation is 2. The molecule has 1 saturated heterocycles. The molecule has 1 aromatic heterocycles. The molecular weight excluding hydrogens is 588 g/mol. The summed E-state index contributed by atoms with van der Waals surface area (Å²) >= 11 is 0. The number of anilines is 1. The van der Waals surface area contributed by atoms with E-state index in [0.29, 0.717) is 43.1 Å². The third-order valence-electron chi connectivity index (χ3n) is 10.1. The average molecular weight is 633 g/mol. The van der Waals surface area contributed by atoms with Crippen LogP contribution in [0.4, 0.5) is 10.7 Å². The predicted molar refractivity (Wildman–Crippen MR) is 174 cm³/mol. The molecule has 1 unspecified atom stereocenters. The lowest BCUT2D eigenvalue weighted by atomic mass is 9.52. The highest BCUT2D eigenvalue weighted by molar-refractivity contribution is 7.92. The number of carbonyl (C=O) groups is 1. The smallest absolute Gasteiger partial charge is 0.409 e. The first-order valence-electron chi connectivity index (χ1n) is 16.0. The fourth-order valence-corrected chi connectivity index (χ4v) is 9.01. The summed E-state index contributed by atoms with van der Waals surface area (Å²) in [6.07, 6.45) is 4.69. The molecule has 2 aliphatic heterocycles. The fourth-order valence-electron chi connectivity index (χ4n) is 8.01. The highest BCUT2D eigenvalue weighted by atomic mass is 32.2. The van der Waals surface area contributed by atoms with Crippen LogP contribution in [0.2, 0.25) is 0 Å². The number of carbonyl (C=O) groups excluding carboxylic acids is 1. The van der Waals surface area contributed by atoms with Crippen molar-refractivity contribution < 1.29 is 22.7 Å². The molecule has 4 bridgehead atoms. The first kappa shape index (κ1) is 31.3. The number of ether oxygens (including phenoxy) is 2. The first-order valence-corrected chi connectivity index (χ1v) is 17.5. The van der Waals surface area contributed by atoms with Crippen molar-refractivity contribution in [1.82, 2.24) is 14.9 Å². The number of hydrogen-bond donors (Lipinski definition) is 1. The number of piperidine rings is 1. The Kier molecular flexibility index (Phi) is 8.54. The molecule has 2 atom stereocenters. The van der Waals surface area contributed by atoms with Crippen LogP contribution in [0, 0.1) is 37.0 Å². The number of amides is 1. The summed E-state index contributed by atoms with van der Waals surface area (Å²) in [5.74, 6) is 1.42. The van der Waals surface area contributed by atoms with Crippen molar-refractivity contribution in [2.75, 3.05) is 31.5 Å². The van der Waals surface area contributed by atoms with E-state index in [4.69, 9.17) is 9.47 Å². The molecule has 1 saturated carbocycles. The SMILES string of the molecule is COC(=O)N1CCC2(CC1)CC(C1c3cccc(c3)S(=O)(=O)Nc3nc(cc(-c4c(C)cccc4C)n3)OC[C@H]1CC(C)C)C2. The summed E-state index contributed by atoms with van der Waals surface area (Å²) in [5, 5.41) is 0. The van der Waals surface area contributed by atoms with Crippen LogP contribution in [0.5, 0.6) is 5.88 Å². The van der Waals surface area contributed by atoms with Crippen molar-refractivity contribution in [3.8, 4) is 17.1 Å². The number of nitrogens with zero attached hydrogens (tertiary/aromatic N) is 3. The standard InChI is InChI=1S/C35H44N4O5S/c1-22(2)16-26-21-44-30-18-29(31-23(3)8-6-9-24(31)4)36-33(37-30)38-45(41,42)28-11-7-10-25(17-28)32(26)27-19-35(20-27)12-14-39(15-13-35)34(40)43-5/h6-11,17-18,22,26-27,32H,12-16,19-21H2,1-5H3,(H,36,37,38)/t26-,32?/m1/s1. The van der Waals surface area contributed by atoms with Gasteiger partial charge in [-0.1, -0.05) is 44.2 Å². The molecule has 3 aliphatic rings. The molecule has 240 valence electrons. The van der Waals surface area contributed by atoms with Gasteiger partial charge in [0, 0.05) is 30.6 Å². The Labute approximate surface area is 266 Å². The minimum atomic E-state index is -3.97. The normalized spacial score (nSPS) is 22.4. The first-order chi connectivity index (χ1) is 21.5. The molecule has 2 fully saturated rings. The van der Waals surface area contributed by atoms with Gasteiger partial charge < -0.3 is 14.4 Å². The minimum Gasteiger partial charge on any atom is -0.477 e. The van der Waals surface area contributed by atoms with E-state index in [1.807, 2.05) is 50.2 Å². The number of methoxy groups -OCH3 is 1. The molecule has 3 aromatic rings. The van der Waals surface area contributed by atoms with E-state index in [1.54, 1.807) is 11.0 Å². The molecule has 45 heavy (non-hydrogen) atoms. The zero-order valence-electron chi connectivity index (χ0n) is 26.9. The summed E-state index contributed by atoms with van der Waals surface area (Å²) in [7, 11) is -2.53. The van der Waals surface area contributed by atoms with Crippen LogP contribution in [0.1, 0.15) is 68.6 Å². The summed E-state index contributed by atoms with van der Waals surface area (Å²) in [6, 6.07) is 15.3. The Morgan fingerprint density at radius 1 is 1.07 bits per heavy atom. The van der Waals surface area contributed by atoms with Crippen molar-refractivity contribution in [3.63, 3.8) is 0 Å². The number of hydrogen-bond acceptors (Lipinski definition) is 7. The van der Waals surface area contributed by atoms with Gasteiger partial charge in [-0.3, -0.25) is 0 Å². The fraction of sp³-hybridized carbons (Fsp3) is 0.514. The molecule has 9 nitrogen and oxygen atoms in total. The zero-order valence-corrected chi connectivity index (χ0v) is 27.7. The molecule has 1 spiro atoms. The lowest BCUT2D eigenvalue weighted by Gasteiger charge is -2.55. The molecule has 0 radical (unpaired) electrons. The van der Waals surface area contributed by atoms with E-state index in [0.717, 1.165) is 54.4 Å². The van der Waals surface area contributed by atoms with Crippen molar-refractivity contribution in [1.29, 1.82) is 0 Å². The van der Waals surface area contributed by atoms with Crippen LogP contribution in [0.3, 0.4) is 0 Å². The number of benzene rings is 2. The average Bonchev–Trinajstić information content (AvgIpc) is 2.98. The van der Waals surface area contributed by atoms with Crippen LogP contribution < -0.4 is 9.46 Å². The molecule has 1 amide bonds. The Hall–Kier alpha value is -3.66. The largest absolute Gasteiger partial charge is 0.477 e. The summed E-state index contributed by atoms with van der Waals surface area (Å²) in [6.45, 7) is 10.4. The van der Waals surface area contributed by atoms with E-state index in [-0.39, 0.29) is 34.2 Å². The van der Waals surface area contributed by atoms with E-state index in [2.05, 4.69) is 34.6 Å². The second-order valence-electron chi connectivity index (χ2n) is 13.7. The number of likely N-dealkylation sites (tertiary alicyclic amines) is 1. The second-order valence-corrected chi connectivity index (χ2v) is 15.4. The number of sulfonamides is 1. The van der Waals surface area contributed by atoms with Crippen LogP contribution in [-0.2, 0) is 14.8 Å². The Bertz CT molecular complexity index is 1650. The van der Waals surface area contributed by atoms with Gasteiger partial charge in [-0.25, -0.2) is 22.9 Å². The minimum absolute atomic E-state index is 0.00711. The van der Waals surface area contributed by atoms with E-state index in [1.165, 1.54) is 7.11 Å². The molecule has 3 heterocycles. The summed E-state index contributed by atoms with van der Waals surface area (Å²) in [5.41, 5.74) is 4.87. The van der Waals surface area contributed by atoms with Crippen LogP contribution in [-0.4, -0.2) is 56.2 Å². The molecule has 1 aliphatic carbocycles.